The number of carboxylic acids is 1. The van der Waals surface area contributed by atoms with Crippen LogP contribution in [0.3, 0.4) is 0 Å². The van der Waals surface area contributed by atoms with Gasteiger partial charge in [0.2, 0.25) is 0 Å². The summed E-state index contributed by atoms with van der Waals surface area (Å²) in [6.07, 6.45) is -0.795. The third kappa shape index (κ3) is 2.06. The number of aliphatic hydroxyl groups is 1. The van der Waals surface area contributed by atoms with Crippen molar-refractivity contribution in [2.75, 3.05) is 0 Å². The molecule has 0 fully saturated rings. The van der Waals surface area contributed by atoms with E-state index in [0.29, 0.717) is 0 Å². The molecule has 4 N–H and O–H groups in total. The van der Waals surface area contributed by atoms with Gasteiger partial charge < -0.3 is 15.9 Å². The van der Waals surface area contributed by atoms with Crippen molar-refractivity contribution in [1.29, 1.82) is 0 Å². The van der Waals surface area contributed by atoms with Crippen molar-refractivity contribution in [3.05, 3.63) is 11.3 Å². The maximum absolute atomic E-state index is 10.2. The first-order valence-corrected chi connectivity index (χ1v) is 2.84. The molecule has 0 spiro atoms. The Morgan fingerprint density at radius 2 is 2.00 bits per heavy atom. The van der Waals surface area contributed by atoms with E-state index in [-0.39, 0.29) is 11.3 Å². The lowest BCUT2D eigenvalue weighted by Crippen LogP contribution is -2.17. The van der Waals surface area contributed by atoms with Crippen LogP contribution in [0.15, 0.2) is 11.3 Å². The second-order valence-electron chi connectivity index (χ2n) is 2.08. The summed E-state index contributed by atoms with van der Waals surface area (Å²) in [5, 5.41) is 17.1. The fourth-order valence-electron chi connectivity index (χ4n) is 0.394. The zero-order valence-electron chi connectivity index (χ0n) is 5.96. The number of rotatable bonds is 2. The van der Waals surface area contributed by atoms with Gasteiger partial charge in [-0.2, -0.15) is 0 Å². The smallest absolute Gasteiger partial charge is 0.351 e. The Morgan fingerprint density at radius 3 is 2.10 bits per heavy atom. The van der Waals surface area contributed by atoms with Crippen LogP contribution in [-0.2, 0) is 4.79 Å². The number of hydrogen-bond acceptors (Lipinski definition) is 3. The van der Waals surface area contributed by atoms with E-state index in [2.05, 4.69) is 0 Å². The Balaban J connectivity index is 4.50. The van der Waals surface area contributed by atoms with Crippen molar-refractivity contribution in [2.45, 2.75) is 20.0 Å². The highest BCUT2D eigenvalue weighted by molar-refractivity contribution is 5.86. The molecule has 0 saturated heterocycles. The highest BCUT2D eigenvalue weighted by atomic mass is 16.4. The summed E-state index contributed by atoms with van der Waals surface area (Å²) in [6, 6.07) is 0. The van der Waals surface area contributed by atoms with Gasteiger partial charge in [-0.3, -0.25) is 0 Å². The number of carboxylic acid groups (broad SMARTS) is 1. The summed E-state index contributed by atoms with van der Waals surface area (Å²) in [5.74, 6) is -1.20. The predicted octanol–water partition coefficient (Wildman–Crippen LogP) is -0.315. The average Bonchev–Trinajstić information content (AvgIpc) is 1.84. The molecule has 4 heteroatoms. The van der Waals surface area contributed by atoms with Crippen molar-refractivity contribution < 1.29 is 15.0 Å². The predicted molar refractivity (Wildman–Crippen MR) is 36.2 cm³/mol. The van der Waals surface area contributed by atoms with Gasteiger partial charge >= 0.3 is 5.97 Å². The average molecular weight is 145 g/mol. The van der Waals surface area contributed by atoms with Crippen molar-refractivity contribution in [3.8, 4) is 0 Å². The topological polar surface area (TPSA) is 83.6 Å². The maximum Gasteiger partial charge on any atom is 0.351 e. The second-order valence-corrected chi connectivity index (χ2v) is 2.08. The summed E-state index contributed by atoms with van der Waals surface area (Å²) in [7, 11) is 0. The molecular formula is C6H11NO3. The van der Waals surface area contributed by atoms with E-state index in [1.54, 1.807) is 0 Å². The van der Waals surface area contributed by atoms with E-state index in [0.717, 1.165) is 0 Å². The number of nitrogens with two attached hydrogens (primary N) is 1. The third-order valence-corrected chi connectivity index (χ3v) is 1.28. The van der Waals surface area contributed by atoms with Crippen molar-refractivity contribution in [1.82, 2.24) is 0 Å². The monoisotopic (exact) mass is 145 g/mol. The van der Waals surface area contributed by atoms with E-state index in [4.69, 9.17) is 15.9 Å². The van der Waals surface area contributed by atoms with Gasteiger partial charge in [0.25, 0.3) is 0 Å². The molecule has 0 amide bonds. The Labute approximate surface area is 59.0 Å². The molecule has 0 bridgehead atoms. The number of aliphatic hydroxyl groups excluding tert-OH is 1. The first kappa shape index (κ1) is 8.97. The Kier molecular flexibility index (Phi) is 2.89. The summed E-state index contributed by atoms with van der Waals surface area (Å²) in [4.78, 5) is 10.2. The minimum absolute atomic E-state index is 0.282. The molecule has 0 aromatic rings. The normalized spacial score (nSPS) is 15.9. The van der Waals surface area contributed by atoms with Crippen LogP contribution in [0.1, 0.15) is 13.8 Å². The molecule has 1 unspecified atom stereocenters. The Morgan fingerprint density at radius 1 is 1.60 bits per heavy atom. The van der Waals surface area contributed by atoms with Crippen LogP contribution in [0.25, 0.3) is 0 Å². The zero-order chi connectivity index (χ0) is 8.31. The van der Waals surface area contributed by atoms with Gasteiger partial charge in [-0.15, -0.1) is 0 Å². The van der Waals surface area contributed by atoms with Gasteiger partial charge in [-0.25, -0.2) is 4.79 Å². The minimum atomic E-state index is -1.20. The van der Waals surface area contributed by atoms with Crippen LogP contribution >= 0.6 is 0 Å². The lowest BCUT2D eigenvalue weighted by Gasteiger charge is -2.05. The van der Waals surface area contributed by atoms with Crippen LogP contribution in [0, 0.1) is 0 Å². The Bertz CT molecular complexity index is 172. The molecule has 4 nitrogen and oxygen atoms in total. The van der Waals surface area contributed by atoms with Crippen molar-refractivity contribution in [2.24, 2.45) is 5.73 Å². The first-order chi connectivity index (χ1) is 4.46. The summed E-state index contributed by atoms with van der Waals surface area (Å²) in [5.41, 5.74) is 5.08. The number of carbonyl (C=O) groups is 1. The molecule has 0 saturated carbocycles. The summed E-state index contributed by atoms with van der Waals surface area (Å²) < 4.78 is 0. The molecule has 0 heterocycles. The first-order valence-electron chi connectivity index (χ1n) is 2.84. The highest BCUT2D eigenvalue weighted by Gasteiger charge is 2.09. The zero-order valence-corrected chi connectivity index (χ0v) is 5.96. The van der Waals surface area contributed by atoms with Crippen LogP contribution < -0.4 is 5.73 Å². The fourth-order valence-corrected chi connectivity index (χ4v) is 0.394. The summed E-state index contributed by atoms with van der Waals surface area (Å²) in [6.45, 7) is 2.94. The molecule has 58 valence electrons. The lowest BCUT2D eigenvalue weighted by atomic mass is 10.1. The van der Waals surface area contributed by atoms with Gasteiger partial charge in [0.05, 0.1) is 6.10 Å². The van der Waals surface area contributed by atoms with Crippen LogP contribution in [0.2, 0.25) is 0 Å². The van der Waals surface area contributed by atoms with Crippen LogP contribution in [0.5, 0.6) is 0 Å². The van der Waals surface area contributed by atoms with Gasteiger partial charge in [-0.1, -0.05) is 0 Å². The maximum atomic E-state index is 10.2. The Hall–Kier alpha value is -1.03. The van der Waals surface area contributed by atoms with E-state index in [9.17, 15) is 4.79 Å². The van der Waals surface area contributed by atoms with Crippen molar-refractivity contribution >= 4 is 5.97 Å². The van der Waals surface area contributed by atoms with E-state index in [1.165, 1.54) is 13.8 Å². The van der Waals surface area contributed by atoms with E-state index >= 15 is 0 Å². The molecule has 0 aromatic heterocycles. The molecule has 0 aliphatic rings. The molecule has 0 radical (unpaired) electrons. The highest BCUT2D eigenvalue weighted by Crippen LogP contribution is 2.03. The number of aliphatic carboxylic acids is 1. The van der Waals surface area contributed by atoms with Gasteiger partial charge in [-0.05, 0) is 19.4 Å². The molecular weight excluding hydrogens is 134 g/mol. The van der Waals surface area contributed by atoms with Gasteiger partial charge in [0.1, 0.15) is 5.70 Å². The third-order valence-electron chi connectivity index (χ3n) is 1.28. The summed E-state index contributed by atoms with van der Waals surface area (Å²) >= 11 is 0. The molecule has 1 atom stereocenters. The number of hydrogen-bond donors (Lipinski definition) is 3. The molecule has 10 heavy (non-hydrogen) atoms. The van der Waals surface area contributed by atoms with E-state index < -0.39 is 12.1 Å². The molecule has 0 aliphatic heterocycles. The minimum Gasteiger partial charge on any atom is -0.477 e. The van der Waals surface area contributed by atoms with Crippen LogP contribution in [-0.4, -0.2) is 22.3 Å². The molecule has 0 aromatic carbocycles. The second kappa shape index (κ2) is 3.22. The lowest BCUT2D eigenvalue weighted by molar-refractivity contribution is -0.132. The molecule has 0 aliphatic carbocycles. The molecule has 0 rings (SSSR count). The standard InChI is InChI=1S/C6H11NO3/c1-3(4(2)8)5(7)6(9)10/h4,8H,7H2,1-2H3,(H,9,10)/b5-3+. The SMILES string of the molecule is C/C(=C(\N)C(=O)O)C(C)O. The van der Waals surface area contributed by atoms with Crippen molar-refractivity contribution in [3.63, 3.8) is 0 Å². The van der Waals surface area contributed by atoms with Gasteiger partial charge in [0.15, 0.2) is 0 Å². The van der Waals surface area contributed by atoms with Crippen LogP contribution in [0.4, 0.5) is 0 Å². The van der Waals surface area contributed by atoms with E-state index in [1.807, 2.05) is 0 Å². The fraction of sp³-hybridized carbons (Fsp3) is 0.500. The largest absolute Gasteiger partial charge is 0.477 e. The van der Waals surface area contributed by atoms with Gasteiger partial charge in [0, 0.05) is 0 Å². The quantitative estimate of drug-likeness (QED) is 0.465.